The summed E-state index contributed by atoms with van der Waals surface area (Å²) in [7, 11) is 0. The number of benzene rings is 2. The van der Waals surface area contributed by atoms with Crippen LogP contribution in [0.15, 0.2) is 59.5 Å². The van der Waals surface area contributed by atoms with Crippen molar-refractivity contribution >= 4 is 11.8 Å². The van der Waals surface area contributed by atoms with Crippen LogP contribution in [0.25, 0.3) is 0 Å². The van der Waals surface area contributed by atoms with E-state index in [1.807, 2.05) is 30.0 Å². The fraction of sp³-hybridized carbons (Fsp3) is 0.294. The van der Waals surface area contributed by atoms with E-state index in [4.69, 9.17) is 0 Å². The summed E-state index contributed by atoms with van der Waals surface area (Å²) < 4.78 is 0. The van der Waals surface area contributed by atoms with Crippen LogP contribution < -0.4 is 5.32 Å². The van der Waals surface area contributed by atoms with Gasteiger partial charge in [0, 0.05) is 22.7 Å². The van der Waals surface area contributed by atoms with Gasteiger partial charge in [-0.1, -0.05) is 48.5 Å². The van der Waals surface area contributed by atoms with Crippen molar-refractivity contribution in [2.75, 3.05) is 12.4 Å². The highest BCUT2D eigenvalue weighted by atomic mass is 32.2. The molecule has 1 heterocycles. The van der Waals surface area contributed by atoms with E-state index in [9.17, 15) is 5.11 Å². The minimum absolute atomic E-state index is 0.106. The first-order chi connectivity index (χ1) is 9.86. The molecule has 104 valence electrons. The predicted molar refractivity (Wildman–Crippen MR) is 84.1 cm³/mol. The fourth-order valence-corrected chi connectivity index (χ4v) is 3.83. The van der Waals surface area contributed by atoms with E-state index < -0.39 is 0 Å². The lowest BCUT2D eigenvalue weighted by molar-refractivity contribution is 0.233. The molecule has 2 nitrogen and oxygen atoms in total. The number of rotatable bonds is 5. The molecule has 2 N–H and O–H groups in total. The molecule has 1 aliphatic rings. The zero-order valence-corrected chi connectivity index (χ0v) is 12.1. The number of hydrogen-bond acceptors (Lipinski definition) is 3. The van der Waals surface area contributed by atoms with Crippen molar-refractivity contribution in [3.8, 4) is 0 Å². The number of hydrogen-bond donors (Lipinski definition) is 2. The highest BCUT2D eigenvalue weighted by Gasteiger charge is 2.24. The van der Waals surface area contributed by atoms with Gasteiger partial charge in [-0.05, 0) is 23.6 Å². The Balaban J connectivity index is 1.67. The van der Waals surface area contributed by atoms with Gasteiger partial charge in [0.15, 0.2) is 0 Å². The first-order valence-electron chi connectivity index (χ1n) is 6.99. The maximum atomic E-state index is 9.63. The quantitative estimate of drug-likeness (QED) is 0.885. The molecule has 0 amide bonds. The minimum atomic E-state index is 0.106. The van der Waals surface area contributed by atoms with Crippen molar-refractivity contribution in [2.45, 2.75) is 23.4 Å². The van der Waals surface area contributed by atoms with Gasteiger partial charge in [-0.2, -0.15) is 0 Å². The average Bonchev–Trinajstić information content (AvgIpc) is 2.91. The van der Waals surface area contributed by atoms with E-state index in [1.165, 1.54) is 16.0 Å². The summed E-state index contributed by atoms with van der Waals surface area (Å²) in [5.74, 6) is 1.05. The normalized spacial score (nSPS) is 18.8. The Bertz CT molecular complexity index is 558. The molecule has 3 heteroatoms. The molecule has 20 heavy (non-hydrogen) atoms. The van der Waals surface area contributed by atoms with Crippen LogP contribution in [-0.2, 0) is 6.42 Å². The molecule has 2 aromatic rings. The van der Waals surface area contributed by atoms with Crippen LogP contribution in [0.4, 0.5) is 0 Å². The molecule has 0 spiro atoms. The van der Waals surface area contributed by atoms with Crippen molar-refractivity contribution in [1.29, 1.82) is 0 Å². The summed E-state index contributed by atoms with van der Waals surface area (Å²) in [4.78, 5) is 1.36. The molecule has 2 unspecified atom stereocenters. The lowest BCUT2D eigenvalue weighted by Crippen LogP contribution is -2.37. The summed E-state index contributed by atoms with van der Waals surface area (Å²) in [6.07, 6.45) is 0.862. The Morgan fingerprint density at radius 1 is 1.10 bits per heavy atom. The second kappa shape index (κ2) is 6.44. The molecule has 0 bridgehead atoms. The lowest BCUT2D eigenvalue weighted by atomic mass is 10.0. The standard InChI is InChI=1S/C17H19NOS/c19-11-14(10-13-6-2-1-3-7-13)18-16-12-20-17-9-5-4-8-15(16)17/h1-9,14,16,18-19H,10-12H2. The highest BCUT2D eigenvalue weighted by molar-refractivity contribution is 7.99. The maximum absolute atomic E-state index is 9.63. The minimum Gasteiger partial charge on any atom is -0.395 e. The molecule has 0 saturated carbocycles. The Kier molecular flexibility index (Phi) is 4.41. The van der Waals surface area contributed by atoms with Gasteiger partial charge in [-0.3, -0.25) is 0 Å². The van der Waals surface area contributed by atoms with Gasteiger partial charge in [0.25, 0.3) is 0 Å². The van der Waals surface area contributed by atoms with Crippen LogP contribution >= 0.6 is 11.8 Å². The van der Waals surface area contributed by atoms with Crippen LogP contribution in [0, 0.1) is 0 Å². The SMILES string of the molecule is OCC(Cc1ccccc1)NC1CSc2ccccc21. The van der Waals surface area contributed by atoms with E-state index in [0.717, 1.165) is 12.2 Å². The largest absolute Gasteiger partial charge is 0.395 e. The Labute approximate surface area is 124 Å². The third kappa shape index (κ3) is 3.06. The number of thioether (sulfide) groups is 1. The first-order valence-corrected chi connectivity index (χ1v) is 7.98. The molecular weight excluding hydrogens is 266 g/mol. The topological polar surface area (TPSA) is 32.3 Å². The van der Waals surface area contributed by atoms with E-state index >= 15 is 0 Å². The van der Waals surface area contributed by atoms with Crippen LogP contribution in [0.2, 0.25) is 0 Å². The zero-order chi connectivity index (χ0) is 13.8. The van der Waals surface area contributed by atoms with Crippen molar-refractivity contribution in [1.82, 2.24) is 5.32 Å². The summed E-state index contributed by atoms with van der Waals surface area (Å²) >= 11 is 1.89. The van der Waals surface area contributed by atoms with Crippen molar-refractivity contribution in [2.24, 2.45) is 0 Å². The monoisotopic (exact) mass is 285 g/mol. The second-order valence-electron chi connectivity index (χ2n) is 5.14. The smallest absolute Gasteiger partial charge is 0.0588 e. The fourth-order valence-electron chi connectivity index (χ4n) is 2.66. The molecule has 0 radical (unpaired) electrons. The predicted octanol–water partition coefficient (Wildman–Crippen LogP) is 3.03. The molecule has 1 aliphatic heterocycles. The molecule has 2 aromatic carbocycles. The van der Waals surface area contributed by atoms with E-state index in [0.29, 0.717) is 6.04 Å². The molecule has 0 aliphatic carbocycles. The molecule has 3 rings (SSSR count). The van der Waals surface area contributed by atoms with E-state index in [-0.39, 0.29) is 12.6 Å². The number of nitrogens with one attached hydrogen (secondary N) is 1. The Hall–Kier alpha value is -1.29. The summed E-state index contributed by atoms with van der Waals surface area (Å²) in [5, 5.41) is 13.2. The maximum Gasteiger partial charge on any atom is 0.0588 e. The summed E-state index contributed by atoms with van der Waals surface area (Å²) in [5.41, 5.74) is 2.63. The summed E-state index contributed by atoms with van der Waals surface area (Å²) in [6.45, 7) is 0.165. The molecule has 0 aromatic heterocycles. The molecular formula is C17H19NOS. The van der Waals surface area contributed by atoms with Gasteiger partial charge < -0.3 is 10.4 Å². The first kappa shape index (κ1) is 13.7. The Morgan fingerprint density at radius 3 is 2.65 bits per heavy atom. The zero-order valence-electron chi connectivity index (χ0n) is 11.3. The number of aliphatic hydroxyl groups excluding tert-OH is 1. The molecule has 2 atom stereocenters. The van der Waals surface area contributed by atoms with Crippen LogP contribution in [0.1, 0.15) is 17.2 Å². The average molecular weight is 285 g/mol. The lowest BCUT2D eigenvalue weighted by Gasteiger charge is -2.21. The highest BCUT2D eigenvalue weighted by Crippen LogP contribution is 2.37. The number of aliphatic hydroxyl groups is 1. The van der Waals surface area contributed by atoms with Crippen LogP contribution in [-0.4, -0.2) is 23.5 Å². The van der Waals surface area contributed by atoms with Crippen molar-refractivity contribution in [3.63, 3.8) is 0 Å². The van der Waals surface area contributed by atoms with E-state index in [1.54, 1.807) is 0 Å². The van der Waals surface area contributed by atoms with Crippen molar-refractivity contribution in [3.05, 3.63) is 65.7 Å². The molecule has 0 saturated heterocycles. The third-order valence-electron chi connectivity index (χ3n) is 3.68. The van der Waals surface area contributed by atoms with Gasteiger partial charge in [0.1, 0.15) is 0 Å². The van der Waals surface area contributed by atoms with Gasteiger partial charge >= 0.3 is 0 Å². The third-order valence-corrected chi connectivity index (χ3v) is 4.86. The van der Waals surface area contributed by atoms with Gasteiger partial charge in [0.05, 0.1) is 6.61 Å². The second-order valence-corrected chi connectivity index (χ2v) is 6.20. The number of fused-ring (bicyclic) bond motifs is 1. The summed E-state index contributed by atoms with van der Waals surface area (Å²) in [6, 6.07) is 19.3. The van der Waals surface area contributed by atoms with E-state index in [2.05, 4.69) is 41.7 Å². The van der Waals surface area contributed by atoms with Crippen LogP contribution in [0.5, 0.6) is 0 Å². The van der Waals surface area contributed by atoms with Gasteiger partial charge in [-0.25, -0.2) is 0 Å². The van der Waals surface area contributed by atoms with Gasteiger partial charge in [-0.15, -0.1) is 11.8 Å². The van der Waals surface area contributed by atoms with Gasteiger partial charge in [0.2, 0.25) is 0 Å². The van der Waals surface area contributed by atoms with Crippen molar-refractivity contribution < 1.29 is 5.11 Å². The van der Waals surface area contributed by atoms with Crippen LogP contribution in [0.3, 0.4) is 0 Å². The Morgan fingerprint density at radius 2 is 1.85 bits per heavy atom. The molecule has 0 fully saturated rings.